The number of hydrogen-bond acceptors (Lipinski definition) is 2. The number of aromatic nitrogens is 2. The van der Waals surface area contributed by atoms with Gasteiger partial charge < -0.3 is 9.88 Å². The molecule has 7 heteroatoms. The summed E-state index contributed by atoms with van der Waals surface area (Å²) >= 11 is 5.93. The summed E-state index contributed by atoms with van der Waals surface area (Å²) in [5.41, 5.74) is 0.900. The van der Waals surface area contributed by atoms with Crippen LogP contribution in [0.4, 0.5) is 8.78 Å². The molecule has 0 unspecified atom stereocenters. The van der Waals surface area contributed by atoms with Crippen LogP contribution >= 0.6 is 11.6 Å². The summed E-state index contributed by atoms with van der Waals surface area (Å²) in [4.78, 5) is 20.4. The number of amides is 1. The third-order valence-corrected chi connectivity index (χ3v) is 3.95. The lowest BCUT2D eigenvalue weighted by molar-refractivity contribution is -0.112. The summed E-state index contributed by atoms with van der Waals surface area (Å²) in [7, 11) is 1.54. The smallest absolute Gasteiger partial charge is 0.270 e. The Bertz CT molecular complexity index is 677. The van der Waals surface area contributed by atoms with E-state index >= 15 is 0 Å². The van der Waals surface area contributed by atoms with Crippen LogP contribution in [0.25, 0.3) is 10.9 Å². The highest BCUT2D eigenvalue weighted by atomic mass is 35.5. The lowest BCUT2D eigenvalue weighted by atomic mass is 9.87. The topological polar surface area (TPSA) is 49.0 Å². The number of nitrogens with zero attached hydrogens (tertiary/aromatic N) is 2. The first kappa shape index (κ1) is 13.3. The second kappa shape index (κ2) is 4.41. The molecule has 1 fully saturated rings. The van der Waals surface area contributed by atoms with Gasteiger partial charge in [-0.05, 0) is 12.1 Å². The summed E-state index contributed by atoms with van der Waals surface area (Å²) in [5.74, 6) is -2.97. The number of alkyl halides is 2. The maximum Gasteiger partial charge on any atom is 0.270 e. The number of nitrogens with one attached hydrogen (secondary N) is 1. The van der Waals surface area contributed by atoms with Crippen molar-refractivity contribution in [2.45, 2.75) is 24.8 Å². The molecule has 3 rings (SSSR count). The first-order valence-electron chi connectivity index (χ1n) is 6.15. The van der Waals surface area contributed by atoms with Crippen molar-refractivity contribution in [2.75, 3.05) is 7.05 Å². The Morgan fingerprint density at radius 3 is 2.85 bits per heavy atom. The maximum atomic E-state index is 12.9. The van der Waals surface area contributed by atoms with Crippen molar-refractivity contribution >= 4 is 28.4 Å². The van der Waals surface area contributed by atoms with E-state index < -0.39 is 12.0 Å². The average molecular weight is 300 g/mol. The van der Waals surface area contributed by atoms with Gasteiger partial charge in [0, 0.05) is 37.5 Å². The van der Waals surface area contributed by atoms with Gasteiger partial charge in [-0.15, -0.1) is 0 Å². The van der Waals surface area contributed by atoms with E-state index in [-0.39, 0.29) is 23.9 Å². The molecule has 0 saturated heterocycles. The Balaban J connectivity index is 1.84. The van der Waals surface area contributed by atoms with Gasteiger partial charge in [-0.25, -0.2) is 13.8 Å². The summed E-state index contributed by atoms with van der Waals surface area (Å²) in [6.07, 6.45) is 0.985. The normalized spacial score (nSPS) is 18.0. The number of aromatic amines is 1. The van der Waals surface area contributed by atoms with Crippen LogP contribution in [0.3, 0.4) is 0 Å². The minimum Gasteiger partial charge on any atom is -0.348 e. The van der Waals surface area contributed by atoms with Crippen molar-refractivity contribution < 1.29 is 13.6 Å². The van der Waals surface area contributed by atoms with Crippen LogP contribution in [0.2, 0.25) is 5.15 Å². The Morgan fingerprint density at radius 2 is 2.25 bits per heavy atom. The van der Waals surface area contributed by atoms with Gasteiger partial charge in [0.15, 0.2) is 5.15 Å². The minimum atomic E-state index is -2.65. The lowest BCUT2D eigenvalue weighted by Gasteiger charge is -2.40. The third kappa shape index (κ3) is 2.14. The molecule has 0 radical (unpaired) electrons. The van der Waals surface area contributed by atoms with Crippen LogP contribution in [-0.2, 0) is 0 Å². The van der Waals surface area contributed by atoms with Gasteiger partial charge in [-0.1, -0.05) is 11.6 Å². The van der Waals surface area contributed by atoms with Crippen LogP contribution in [0.1, 0.15) is 23.3 Å². The molecule has 1 aliphatic rings. The highest BCUT2D eigenvalue weighted by Crippen LogP contribution is 2.40. The summed E-state index contributed by atoms with van der Waals surface area (Å²) < 4.78 is 25.7. The molecule has 0 aliphatic heterocycles. The molecule has 2 heterocycles. The molecule has 1 aliphatic carbocycles. The number of hydrogen-bond donors (Lipinski definition) is 1. The molecule has 0 bridgehead atoms. The lowest BCUT2D eigenvalue weighted by Crippen LogP contribution is -2.51. The first-order valence-corrected chi connectivity index (χ1v) is 6.53. The zero-order valence-electron chi connectivity index (χ0n) is 10.7. The number of carbonyl (C=O) groups is 1. The van der Waals surface area contributed by atoms with Gasteiger partial charge in [0.25, 0.3) is 11.8 Å². The fourth-order valence-electron chi connectivity index (χ4n) is 2.39. The van der Waals surface area contributed by atoms with Gasteiger partial charge in [-0.3, -0.25) is 4.79 Å². The molecule has 106 valence electrons. The van der Waals surface area contributed by atoms with Gasteiger partial charge in [-0.2, -0.15) is 0 Å². The number of H-pyrrole nitrogens is 1. The van der Waals surface area contributed by atoms with Crippen molar-refractivity contribution in [3.05, 3.63) is 29.2 Å². The first-order chi connectivity index (χ1) is 9.37. The van der Waals surface area contributed by atoms with Crippen LogP contribution in [0.5, 0.6) is 0 Å². The number of carbonyl (C=O) groups excluding carboxylic acids is 1. The molecule has 4 nitrogen and oxygen atoms in total. The maximum absolute atomic E-state index is 12.9. The van der Waals surface area contributed by atoms with E-state index in [1.165, 1.54) is 11.9 Å². The van der Waals surface area contributed by atoms with Crippen molar-refractivity contribution in [3.8, 4) is 0 Å². The SMILES string of the molecule is CN(C(=O)c1cc2ccnc(Cl)c2[nH]1)C1CC(F)(F)C1. The monoisotopic (exact) mass is 299 g/mol. The summed E-state index contributed by atoms with van der Waals surface area (Å²) in [6, 6.07) is 2.96. The van der Waals surface area contributed by atoms with Crippen LogP contribution < -0.4 is 0 Å². The van der Waals surface area contributed by atoms with E-state index in [4.69, 9.17) is 11.6 Å². The molecule has 20 heavy (non-hydrogen) atoms. The molecular formula is C13H12ClF2N3O. The largest absolute Gasteiger partial charge is 0.348 e. The van der Waals surface area contributed by atoms with E-state index in [9.17, 15) is 13.6 Å². The zero-order chi connectivity index (χ0) is 14.5. The van der Waals surface area contributed by atoms with Crippen molar-refractivity contribution in [1.29, 1.82) is 0 Å². The van der Waals surface area contributed by atoms with E-state index in [0.29, 0.717) is 11.2 Å². The highest BCUT2D eigenvalue weighted by Gasteiger charge is 2.48. The van der Waals surface area contributed by atoms with E-state index in [0.717, 1.165) is 5.39 Å². The Morgan fingerprint density at radius 1 is 1.55 bits per heavy atom. The predicted molar refractivity (Wildman–Crippen MR) is 71.2 cm³/mol. The van der Waals surface area contributed by atoms with E-state index in [2.05, 4.69) is 9.97 Å². The van der Waals surface area contributed by atoms with Crippen molar-refractivity contribution in [3.63, 3.8) is 0 Å². The molecule has 0 aromatic carbocycles. The third-order valence-electron chi connectivity index (χ3n) is 3.66. The van der Waals surface area contributed by atoms with Gasteiger partial charge in [0.05, 0.1) is 5.52 Å². The van der Waals surface area contributed by atoms with Crippen LogP contribution in [0, 0.1) is 0 Å². The van der Waals surface area contributed by atoms with Crippen molar-refractivity contribution in [2.24, 2.45) is 0 Å². The molecule has 2 aromatic heterocycles. The zero-order valence-corrected chi connectivity index (χ0v) is 11.4. The number of fused-ring (bicyclic) bond motifs is 1. The summed E-state index contributed by atoms with van der Waals surface area (Å²) in [5, 5.41) is 1.04. The minimum absolute atomic E-state index is 0.277. The van der Waals surface area contributed by atoms with E-state index in [1.807, 2.05) is 0 Å². The van der Waals surface area contributed by atoms with Crippen LogP contribution in [-0.4, -0.2) is 39.8 Å². The standard InChI is InChI=1S/C13H12ClF2N3O/c1-19(8-5-13(15,16)6-8)12(20)9-4-7-2-3-17-11(14)10(7)18-9/h2-4,8,18H,5-6H2,1H3. The Kier molecular flexibility index (Phi) is 2.93. The molecule has 0 spiro atoms. The number of rotatable bonds is 2. The Hall–Kier alpha value is -1.69. The molecule has 1 N–H and O–H groups in total. The number of pyridine rings is 1. The second-order valence-electron chi connectivity index (χ2n) is 5.08. The van der Waals surface area contributed by atoms with Gasteiger partial charge >= 0.3 is 0 Å². The summed E-state index contributed by atoms with van der Waals surface area (Å²) in [6.45, 7) is 0. The molecule has 1 amide bonds. The fourth-order valence-corrected chi connectivity index (χ4v) is 2.61. The average Bonchev–Trinajstić information content (AvgIpc) is 2.79. The molecular weight excluding hydrogens is 288 g/mol. The van der Waals surface area contributed by atoms with Gasteiger partial charge in [0.1, 0.15) is 5.69 Å². The second-order valence-corrected chi connectivity index (χ2v) is 5.44. The molecule has 2 aromatic rings. The fraction of sp³-hybridized carbons (Fsp3) is 0.385. The van der Waals surface area contributed by atoms with E-state index in [1.54, 1.807) is 18.3 Å². The predicted octanol–water partition coefficient (Wildman–Crippen LogP) is 3.09. The molecule has 0 atom stereocenters. The number of halogens is 3. The Labute approximate surface area is 118 Å². The van der Waals surface area contributed by atoms with Crippen molar-refractivity contribution in [1.82, 2.24) is 14.9 Å². The quantitative estimate of drug-likeness (QED) is 0.866. The van der Waals surface area contributed by atoms with Gasteiger partial charge in [0.2, 0.25) is 0 Å². The van der Waals surface area contributed by atoms with Crippen LogP contribution in [0.15, 0.2) is 18.3 Å². The highest BCUT2D eigenvalue weighted by molar-refractivity contribution is 6.33. The molecule has 1 saturated carbocycles.